The molecule has 2 saturated heterocycles. The lowest BCUT2D eigenvalue weighted by atomic mass is 9.92. The van der Waals surface area contributed by atoms with Crippen molar-refractivity contribution in [3.8, 4) is 6.07 Å². The molecule has 4 rings (SSSR count). The predicted molar refractivity (Wildman–Crippen MR) is 222 cm³/mol. The van der Waals surface area contributed by atoms with Gasteiger partial charge in [0.15, 0.2) is 0 Å². The molecule has 2 aromatic rings. The highest BCUT2D eigenvalue weighted by Gasteiger charge is 2.25. The number of likely N-dealkylation sites (tertiary alicyclic amines) is 1. The first-order chi connectivity index (χ1) is 27.2. The average Bonchev–Trinajstić information content (AvgIpc) is 3.53. The number of nitrogens with zero attached hydrogens (tertiary/aromatic N) is 5. The van der Waals surface area contributed by atoms with E-state index in [1.165, 1.54) is 31.1 Å². The van der Waals surface area contributed by atoms with Crippen LogP contribution in [-0.2, 0) is 36.8 Å². The van der Waals surface area contributed by atoms with E-state index in [0.717, 1.165) is 62.0 Å². The van der Waals surface area contributed by atoms with E-state index in [-0.39, 0.29) is 18.1 Å². The summed E-state index contributed by atoms with van der Waals surface area (Å²) in [5.41, 5.74) is 9.92. The standard InChI is InChI=1S/C31H50N6O5S.C10H12FNO/c1-24(33-2)25-5-10-36(11-6-25)23-30-35-28-4-3-26(21-29(28)37(30)22-27-7-20-43-27)31(38)34-9-13-40-15-17-42-19-18-41-16-14-39-12-8-32;1-4-9(6-12)5-10(11)8(2)7-13-3/h3-4,21,25,27H,5-20,22-23,32H2,1-2H3,(H,34,38);4-5H,1,7H2,2-3H3/b;9-5+,10-8-. The van der Waals surface area contributed by atoms with Gasteiger partial charge >= 0.3 is 0 Å². The van der Waals surface area contributed by atoms with Crippen LogP contribution in [0.2, 0.25) is 0 Å². The quantitative estimate of drug-likeness (QED) is 0.0629. The number of halogens is 1. The van der Waals surface area contributed by atoms with Crippen molar-refractivity contribution in [2.75, 3.05) is 106 Å². The highest BCUT2D eigenvalue weighted by Crippen LogP contribution is 2.31. The number of carbonyl (C=O) groups excluding carboxylic acids is 1. The fourth-order valence-corrected chi connectivity index (χ4v) is 6.85. The Morgan fingerprint density at radius 3 is 2.29 bits per heavy atom. The van der Waals surface area contributed by atoms with Gasteiger partial charge in [-0.05, 0) is 87.7 Å². The molecular formula is C41H62FN7O6S. The van der Waals surface area contributed by atoms with E-state index in [1.807, 2.05) is 43.1 Å². The number of allylic oxidation sites excluding steroid dienone is 4. The maximum absolute atomic E-state index is 13.1. The van der Waals surface area contributed by atoms with E-state index < -0.39 is 5.83 Å². The van der Waals surface area contributed by atoms with E-state index >= 15 is 0 Å². The molecule has 56 heavy (non-hydrogen) atoms. The number of methoxy groups -OCH3 is 1. The van der Waals surface area contributed by atoms with E-state index in [0.29, 0.717) is 88.2 Å². The first kappa shape index (κ1) is 46.9. The number of nitrogens with one attached hydrogen (secondary N) is 1. The molecule has 1 amide bonds. The van der Waals surface area contributed by atoms with Gasteiger partial charge in [0.2, 0.25) is 0 Å². The summed E-state index contributed by atoms with van der Waals surface area (Å²) in [6.07, 6.45) is 5.96. The van der Waals surface area contributed by atoms with Gasteiger partial charge in [0.1, 0.15) is 11.7 Å². The van der Waals surface area contributed by atoms with Crippen molar-refractivity contribution in [2.45, 2.75) is 51.4 Å². The molecule has 0 bridgehead atoms. The van der Waals surface area contributed by atoms with E-state index in [1.54, 1.807) is 6.92 Å². The van der Waals surface area contributed by atoms with Gasteiger partial charge in [-0.2, -0.15) is 17.0 Å². The van der Waals surface area contributed by atoms with Crippen LogP contribution in [0.4, 0.5) is 4.39 Å². The topological polar surface area (TPSA) is 158 Å². The Morgan fingerprint density at radius 1 is 1.09 bits per heavy atom. The zero-order valence-electron chi connectivity index (χ0n) is 33.7. The van der Waals surface area contributed by atoms with Crippen molar-refractivity contribution in [3.63, 3.8) is 0 Å². The van der Waals surface area contributed by atoms with E-state index in [2.05, 4.69) is 33.3 Å². The van der Waals surface area contributed by atoms with Gasteiger partial charge in [0.25, 0.3) is 5.91 Å². The second-order valence-corrected chi connectivity index (χ2v) is 14.9. The highest BCUT2D eigenvalue weighted by atomic mass is 32.2. The minimum Gasteiger partial charge on any atom is -0.380 e. The Hall–Kier alpha value is -3.46. The van der Waals surface area contributed by atoms with Crippen molar-refractivity contribution in [3.05, 3.63) is 65.3 Å². The Labute approximate surface area is 336 Å². The summed E-state index contributed by atoms with van der Waals surface area (Å²) in [7, 11) is 3.38. The number of piperidine rings is 1. The van der Waals surface area contributed by atoms with Gasteiger partial charge in [-0.1, -0.05) is 12.7 Å². The number of carbonyl (C=O) groups is 1. The summed E-state index contributed by atoms with van der Waals surface area (Å²) in [6, 6.07) is 7.66. The number of nitrogens with two attached hydrogens (primary N) is 1. The Bertz CT molecular complexity index is 1630. The number of hydrogen-bond acceptors (Lipinski definition) is 12. The molecule has 0 aliphatic carbocycles. The molecule has 2 fully saturated rings. The molecule has 1 aromatic heterocycles. The van der Waals surface area contributed by atoms with Gasteiger partial charge in [-0.3, -0.25) is 14.7 Å². The molecular weight excluding hydrogens is 738 g/mol. The molecule has 1 unspecified atom stereocenters. The second-order valence-electron chi connectivity index (χ2n) is 13.5. The fourth-order valence-electron chi connectivity index (χ4n) is 6.03. The van der Waals surface area contributed by atoms with Crippen molar-refractivity contribution in [2.24, 2.45) is 16.6 Å². The van der Waals surface area contributed by atoms with Crippen molar-refractivity contribution in [1.29, 1.82) is 5.26 Å². The van der Waals surface area contributed by atoms with Crippen molar-refractivity contribution >= 4 is 34.4 Å². The molecule has 3 heterocycles. The zero-order chi connectivity index (χ0) is 40.5. The van der Waals surface area contributed by atoms with Crippen molar-refractivity contribution in [1.82, 2.24) is 19.8 Å². The molecule has 15 heteroatoms. The summed E-state index contributed by atoms with van der Waals surface area (Å²) in [5, 5.41) is 12.1. The minimum atomic E-state index is -0.446. The summed E-state index contributed by atoms with van der Waals surface area (Å²) < 4.78 is 42.0. The average molecular weight is 800 g/mol. The van der Waals surface area contributed by atoms with E-state index in [4.69, 9.17) is 39.7 Å². The predicted octanol–water partition coefficient (Wildman–Crippen LogP) is 5.11. The van der Waals surface area contributed by atoms with Crippen LogP contribution in [0.5, 0.6) is 0 Å². The Morgan fingerprint density at radius 2 is 1.73 bits per heavy atom. The molecule has 1 aromatic carbocycles. The third-order valence-corrected chi connectivity index (χ3v) is 10.8. The number of nitriles is 1. The summed E-state index contributed by atoms with van der Waals surface area (Å²) in [6.45, 7) is 16.2. The summed E-state index contributed by atoms with van der Waals surface area (Å²) >= 11 is 2.02. The third kappa shape index (κ3) is 16.6. The van der Waals surface area contributed by atoms with Crippen LogP contribution in [0.15, 0.2) is 58.9 Å². The lowest BCUT2D eigenvalue weighted by Crippen LogP contribution is -2.36. The van der Waals surface area contributed by atoms with Crippen LogP contribution in [0.1, 0.15) is 49.3 Å². The summed E-state index contributed by atoms with van der Waals surface area (Å²) in [5.74, 6) is 2.36. The van der Waals surface area contributed by atoms with Crippen LogP contribution >= 0.6 is 11.8 Å². The lowest BCUT2D eigenvalue weighted by molar-refractivity contribution is -0.000579. The van der Waals surface area contributed by atoms with Gasteiger partial charge < -0.3 is 39.3 Å². The second kappa shape index (κ2) is 27.2. The van der Waals surface area contributed by atoms with E-state index in [9.17, 15) is 9.18 Å². The van der Waals surface area contributed by atoms with Crippen LogP contribution in [0.3, 0.4) is 0 Å². The minimum absolute atomic E-state index is 0.100. The lowest BCUT2D eigenvalue weighted by Gasteiger charge is -2.32. The number of hydrogen-bond donors (Lipinski definition) is 2. The number of thioether (sulfide) groups is 1. The smallest absolute Gasteiger partial charge is 0.251 e. The molecule has 0 radical (unpaired) electrons. The summed E-state index contributed by atoms with van der Waals surface area (Å²) in [4.78, 5) is 24.9. The van der Waals surface area contributed by atoms with Crippen LogP contribution in [0, 0.1) is 17.2 Å². The molecule has 2 aliphatic rings. The molecule has 0 spiro atoms. The first-order valence-electron chi connectivity index (χ1n) is 19.4. The monoisotopic (exact) mass is 799 g/mol. The maximum atomic E-state index is 13.1. The largest absolute Gasteiger partial charge is 0.380 e. The number of aromatic nitrogens is 2. The zero-order valence-corrected chi connectivity index (χ0v) is 34.5. The van der Waals surface area contributed by atoms with Crippen LogP contribution < -0.4 is 11.1 Å². The Balaban J connectivity index is 0.000000554. The van der Waals surface area contributed by atoms with Gasteiger partial charge in [-0.25, -0.2) is 9.37 Å². The first-order valence-corrected chi connectivity index (χ1v) is 20.4. The SMILES string of the molecule is C=C/C(C#N)=C\C(F)=C(/C)COC.CN=C(C)C1CCN(Cc2nc3ccc(C(=O)NCCOCCOCCOCCOCCN)cc3n2CC2CCS2)CC1. The Kier molecular flexibility index (Phi) is 22.8. The molecule has 0 saturated carbocycles. The molecule has 3 N–H and O–H groups in total. The van der Waals surface area contributed by atoms with Crippen LogP contribution in [0.25, 0.3) is 11.0 Å². The molecule has 310 valence electrons. The van der Waals surface area contributed by atoms with Crippen molar-refractivity contribution < 1.29 is 32.9 Å². The molecule has 2 aliphatic heterocycles. The third-order valence-electron chi connectivity index (χ3n) is 9.48. The maximum Gasteiger partial charge on any atom is 0.251 e. The number of rotatable bonds is 24. The number of ether oxygens (including phenoxy) is 5. The van der Waals surface area contributed by atoms with Gasteiger partial charge in [0, 0.05) is 50.3 Å². The highest BCUT2D eigenvalue weighted by molar-refractivity contribution is 8.01. The van der Waals surface area contributed by atoms with Gasteiger partial charge in [-0.15, -0.1) is 0 Å². The fraction of sp³-hybridized carbons (Fsp3) is 0.610. The van der Waals surface area contributed by atoms with Crippen LogP contribution in [-0.4, -0.2) is 137 Å². The number of aliphatic imine (C=N–C) groups is 1. The molecule has 13 nitrogen and oxygen atoms in total. The number of amides is 1. The number of benzene rings is 1. The number of fused-ring (bicyclic) bond motifs is 1. The van der Waals surface area contributed by atoms with Gasteiger partial charge in [0.05, 0.1) is 88.7 Å². The number of imidazole rings is 1. The normalized spacial score (nSPS) is 17.1. The molecule has 1 atom stereocenters.